The molecule has 0 aliphatic carbocycles. The Bertz CT molecular complexity index is 1080. The van der Waals surface area contributed by atoms with Crippen molar-refractivity contribution in [2.75, 3.05) is 0 Å². The van der Waals surface area contributed by atoms with Gasteiger partial charge in [-0.25, -0.2) is 9.37 Å². The van der Waals surface area contributed by atoms with Gasteiger partial charge in [-0.1, -0.05) is 23.7 Å². The van der Waals surface area contributed by atoms with Crippen LogP contribution < -0.4 is 4.57 Å². The Hall–Kier alpha value is -2.24. The quantitative estimate of drug-likeness (QED) is 0.418. The van der Waals surface area contributed by atoms with E-state index in [4.69, 9.17) is 16.0 Å². The van der Waals surface area contributed by atoms with Crippen LogP contribution in [-0.2, 0) is 6.54 Å². The van der Waals surface area contributed by atoms with Crippen molar-refractivity contribution < 1.29 is 13.4 Å². The zero-order valence-corrected chi connectivity index (χ0v) is 15.3. The summed E-state index contributed by atoms with van der Waals surface area (Å²) in [5.74, 6) is 0.258. The van der Waals surface area contributed by atoms with Gasteiger partial charge in [0.25, 0.3) is 0 Å². The van der Waals surface area contributed by atoms with E-state index in [0.717, 1.165) is 10.0 Å². The Kier molecular flexibility index (Phi) is 4.27. The highest BCUT2D eigenvalue weighted by Gasteiger charge is 2.15. The van der Waals surface area contributed by atoms with Crippen molar-refractivity contribution in [3.8, 4) is 11.5 Å². The highest BCUT2D eigenvalue weighted by Crippen LogP contribution is 2.27. The lowest BCUT2D eigenvalue weighted by atomic mass is 10.2. The van der Waals surface area contributed by atoms with E-state index < -0.39 is 0 Å². The van der Waals surface area contributed by atoms with Crippen molar-refractivity contribution in [2.45, 2.75) is 6.54 Å². The number of benzene rings is 2. The van der Waals surface area contributed by atoms with Crippen LogP contribution in [0.5, 0.6) is 0 Å². The number of hydrogen-bond donors (Lipinski definition) is 0. The normalized spacial score (nSPS) is 11.2. The average Bonchev–Trinajstić information content (AvgIpc) is 3.00. The van der Waals surface area contributed by atoms with Crippen LogP contribution in [0.25, 0.3) is 22.6 Å². The van der Waals surface area contributed by atoms with E-state index in [0.29, 0.717) is 34.1 Å². The first-order valence-corrected chi connectivity index (χ1v) is 8.75. The summed E-state index contributed by atoms with van der Waals surface area (Å²) in [6.07, 6.45) is 3.76. The molecule has 124 valence electrons. The third-order valence-electron chi connectivity index (χ3n) is 3.79. The van der Waals surface area contributed by atoms with Crippen molar-refractivity contribution in [3.63, 3.8) is 0 Å². The zero-order chi connectivity index (χ0) is 17.4. The molecule has 6 heteroatoms. The molecule has 4 rings (SSSR count). The number of rotatable bonds is 3. The van der Waals surface area contributed by atoms with E-state index in [9.17, 15) is 4.39 Å². The lowest BCUT2D eigenvalue weighted by Gasteiger charge is -2.02. The monoisotopic (exact) mass is 417 g/mol. The second-order valence-electron chi connectivity index (χ2n) is 5.64. The van der Waals surface area contributed by atoms with Gasteiger partial charge in [0, 0.05) is 5.02 Å². The Morgan fingerprint density at radius 1 is 1.12 bits per heavy atom. The number of fused-ring (bicyclic) bond motifs is 1. The van der Waals surface area contributed by atoms with Crippen LogP contribution >= 0.6 is 27.5 Å². The van der Waals surface area contributed by atoms with E-state index in [1.807, 2.05) is 29.1 Å². The Morgan fingerprint density at radius 3 is 2.80 bits per heavy atom. The average molecular weight is 419 g/mol. The first kappa shape index (κ1) is 16.2. The van der Waals surface area contributed by atoms with Gasteiger partial charge in [-0.05, 0) is 52.3 Å². The predicted octanol–water partition coefficient (Wildman–Crippen LogP) is 5.39. The van der Waals surface area contributed by atoms with Crippen molar-refractivity contribution in [1.29, 1.82) is 0 Å². The summed E-state index contributed by atoms with van der Waals surface area (Å²) in [7, 11) is 0. The molecule has 0 aliphatic heterocycles. The fourth-order valence-electron chi connectivity index (χ4n) is 2.65. The van der Waals surface area contributed by atoms with Crippen LogP contribution in [0.4, 0.5) is 4.39 Å². The van der Waals surface area contributed by atoms with Crippen molar-refractivity contribution in [2.24, 2.45) is 0 Å². The van der Waals surface area contributed by atoms with Crippen molar-refractivity contribution >= 4 is 38.6 Å². The number of aromatic nitrogens is 2. The molecule has 2 heterocycles. The maximum atomic E-state index is 13.9. The van der Waals surface area contributed by atoms with Gasteiger partial charge in [-0.3, -0.25) is 0 Å². The van der Waals surface area contributed by atoms with Crippen LogP contribution in [0, 0.1) is 5.82 Å². The Balaban J connectivity index is 1.74. The summed E-state index contributed by atoms with van der Waals surface area (Å²) in [4.78, 5) is 4.49. The lowest BCUT2D eigenvalue weighted by Crippen LogP contribution is -2.34. The minimum absolute atomic E-state index is 0.229. The second-order valence-corrected chi connectivity index (χ2v) is 6.99. The summed E-state index contributed by atoms with van der Waals surface area (Å²) in [6.45, 7) is 0.408. The third-order valence-corrected chi connectivity index (χ3v) is 4.46. The fraction of sp³-hybridized carbons (Fsp3) is 0.0526. The van der Waals surface area contributed by atoms with E-state index in [2.05, 4.69) is 20.9 Å². The molecule has 0 amide bonds. The van der Waals surface area contributed by atoms with Gasteiger partial charge in [0.15, 0.2) is 24.5 Å². The highest BCUT2D eigenvalue weighted by molar-refractivity contribution is 9.10. The van der Waals surface area contributed by atoms with Gasteiger partial charge < -0.3 is 4.42 Å². The first-order valence-electron chi connectivity index (χ1n) is 7.58. The Labute approximate surface area is 156 Å². The molecule has 0 saturated heterocycles. The molecule has 4 aromatic rings. The molecule has 0 unspecified atom stereocenters. The summed E-state index contributed by atoms with van der Waals surface area (Å²) in [5, 5.41) is 0.608. The number of pyridine rings is 1. The minimum atomic E-state index is -0.229. The fourth-order valence-corrected chi connectivity index (χ4v) is 3.33. The lowest BCUT2D eigenvalue weighted by molar-refractivity contribution is -0.688. The second kappa shape index (κ2) is 6.58. The smallest absolute Gasteiger partial charge is 0.233 e. The molecule has 2 aromatic heterocycles. The minimum Gasteiger partial charge on any atom is -0.436 e. The summed E-state index contributed by atoms with van der Waals surface area (Å²) in [5.41, 5.74) is 2.77. The molecule has 0 atom stereocenters. The third kappa shape index (κ3) is 3.43. The molecule has 0 aliphatic rings. The van der Waals surface area contributed by atoms with Crippen LogP contribution in [0.2, 0.25) is 5.02 Å². The van der Waals surface area contributed by atoms with E-state index in [-0.39, 0.29) is 5.82 Å². The number of halogens is 3. The SMILES string of the molecule is Fc1ccccc1C[n+]1cc(Br)cc(-c2nc3cc(Cl)ccc3o2)c1. The van der Waals surface area contributed by atoms with Gasteiger partial charge in [-0.2, -0.15) is 4.57 Å². The number of oxazole rings is 1. The van der Waals surface area contributed by atoms with Crippen LogP contribution in [0.3, 0.4) is 0 Å². The zero-order valence-electron chi connectivity index (χ0n) is 12.9. The molecule has 0 saturated carbocycles. The number of hydrogen-bond acceptors (Lipinski definition) is 2. The van der Waals surface area contributed by atoms with E-state index in [1.165, 1.54) is 6.07 Å². The van der Waals surface area contributed by atoms with Gasteiger partial charge in [-0.15, -0.1) is 0 Å². The highest BCUT2D eigenvalue weighted by atomic mass is 79.9. The van der Waals surface area contributed by atoms with Crippen LogP contribution in [0.1, 0.15) is 5.56 Å². The van der Waals surface area contributed by atoms with Gasteiger partial charge >= 0.3 is 0 Å². The molecule has 25 heavy (non-hydrogen) atoms. The first-order chi connectivity index (χ1) is 12.1. The Morgan fingerprint density at radius 2 is 1.96 bits per heavy atom. The predicted molar refractivity (Wildman–Crippen MR) is 97.9 cm³/mol. The van der Waals surface area contributed by atoms with Gasteiger partial charge in [0.2, 0.25) is 5.89 Å². The van der Waals surface area contributed by atoms with Crippen LogP contribution in [-0.4, -0.2) is 4.98 Å². The van der Waals surface area contributed by atoms with Gasteiger partial charge in [0.1, 0.15) is 16.9 Å². The summed E-state index contributed by atoms with van der Waals surface area (Å²) < 4.78 is 22.5. The molecule has 2 aromatic carbocycles. The van der Waals surface area contributed by atoms with Crippen molar-refractivity contribution in [1.82, 2.24) is 4.98 Å². The molecule has 0 fully saturated rings. The standard InChI is InChI=1S/C19H12BrClFN2O/c20-14-7-13(19-23-17-8-15(21)5-6-18(17)25-19)10-24(11-14)9-12-3-1-2-4-16(12)22/h1-8,10-11H,9H2/q+1. The molecule has 0 N–H and O–H groups in total. The maximum Gasteiger partial charge on any atom is 0.233 e. The maximum absolute atomic E-state index is 13.9. The number of nitrogens with zero attached hydrogens (tertiary/aromatic N) is 2. The molecule has 0 radical (unpaired) electrons. The molecule has 0 spiro atoms. The van der Waals surface area contributed by atoms with Crippen LogP contribution in [0.15, 0.2) is 69.8 Å². The molecule has 3 nitrogen and oxygen atoms in total. The van der Waals surface area contributed by atoms with Crippen molar-refractivity contribution in [3.05, 3.63) is 81.8 Å². The largest absolute Gasteiger partial charge is 0.436 e. The summed E-state index contributed by atoms with van der Waals surface area (Å²) >= 11 is 9.49. The molecule has 0 bridgehead atoms. The molecular weight excluding hydrogens is 407 g/mol. The van der Waals surface area contributed by atoms with Gasteiger partial charge in [0.05, 0.1) is 10.0 Å². The van der Waals surface area contributed by atoms with E-state index >= 15 is 0 Å². The topological polar surface area (TPSA) is 29.9 Å². The van der Waals surface area contributed by atoms with E-state index in [1.54, 1.807) is 30.3 Å². The summed E-state index contributed by atoms with van der Waals surface area (Å²) in [6, 6.07) is 13.9. The molecular formula is C19H12BrClFN2O+.